The van der Waals surface area contributed by atoms with Crippen molar-refractivity contribution in [2.24, 2.45) is 5.73 Å². The quantitative estimate of drug-likeness (QED) is 0.386. The fourth-order valence-corrected chi connectivity index (χ4v) is 4.51. The summed E-state index contributed by atoms with van der Waals surface area (Å²) in [6.07, 6.45) is 1.24. The van der Waals surface area contributed by atoms with Gasteiger partial charge in [-0.05, 0) is 66.9 Å². The fraction of sp³-hybridized carbons (Fsp3) is 0.0769. The van der Waals surface area contributed by atoms with E-state index in [4.69, 9.17) is 17.3 Å². The van der Waals surface area contributed by atoms with Gasteiger partial charge in [0.2, 0.25) is 0 Å². The average Bonchev–Trinajstić information content (AvgIpc) is 3.25. The van der Waals surface area contributed by atoms with Gasteiger partial charge in [0.1, 0.15) is 0 Å². The van der Waals surface area contributed by atoms with E-state index < -0.39 is 11.9 Å². The van der Waals surface area contributed by atoms with Gasteiger partial charge in [0, 0.05) is 16.8 Å². The highest BCUT2D eigenvalue weighted by molar-refractivity contribution is 6.34. The molecule has 0 aliphatic heterocycles. The van der Waals surface area contributed by atoms with Crippen LogP contribution in [-0.2, 0) is 12.8 Å². The Kier molecular flexibility index (Phi) is 5.58. The first-order valence-electron chi connectivity index (χ1n) is 10.8. The van der Waals surface area contributed by atoms with E-state index in [-0.39, 0.29) is 17.2 Å². The van der Waals surface area contributed by atoms with Gasteiger partial charge in [-0.1, -0.05) is 29.8 Å². The van der Waals surface area contributed by atoms with Crippen molar-refractivity contribution >= 4 is 35.1 Å². The number of hydrogen-bond donors (Lipinski definition) is 3. The number of primary amides is 1. The zero-order chi connectivity index (χ0) is 24.7. The van der Waals surface area contributed by atoms with Crippen LogP contribution in [0.3, 0.4) is 0 Å². The lowest BCUT2D eigenvalue weighted by molar-refractivity contribution is 0.0696. The lowest BCUT2D eigenvalue weighted by Crippen LogP contribution is -2.15. The maximum Gasteiger partial charge on any atom is 0.335 e. The molecule has 4 N–H and O–H groups in total. The van der Waals surface area contributed by atoms with Gasteiger partial charge in [0.15, 0.2) is 5.69 Å². The number of hydrogen-bond acceptors (Lipinski definition) is 4. The molecule has 4 aromatic rings. The molecule has 2 amide bonds. The first-order valence-corrected chi connectivity index (χ1v) is 11.2. The van der Waals surface area contributed by atoms with E-state index >= 15 is 0 Å². The summed E-state index contributed by atoms with van der Waals surface area (Å²) in [6.45, 7) is 0. The molecule has 0 atom stereocenters. The Bertz CT molecular complexity index is 1510. The number of carboxylic acid groups (broad SMARTS) is 1. The molecule has 1 aromatic heterocycles. The molecule has 0 fully saturated rings. The normalized spacial score (nSPS) is 11.9. The van der Waals surface area contributed by atoms with E-state index in [9.17, 15) is 19.5 Å². The third-order valence-corrected chi connectivity index (χ3v) is 6.29. The number of carbonyl (C=O) groups is 3. The molecule has 0 unspecified atom stereocenters. The fourth-order valence-electron chi connectivity index (χ4n) is 4.29. The topological polar surface area (TPSA) is 127 Å². The summed E-state index contributed by atoms with van der Waals surface area (Å²) in [6, 6.07) is 18.5. The third-order valence-electron chi connectivity index (χ3n) is 5.96. The van der Waals surface area contributed by atoms with Crippen molar-refractivity contribution in [3.63, 3.8) is 0 Å². The summed E-state index contributed by atoms with van der Waals surface area (Å²) < 4.78 is 1.60. The molecule has 9 heteroatoms. The summed E-state index contributed by atoms with van der Waals surface area (Å²) >= 11 is 6.17. The van der Waals surface area contributed by atoms with Gasteiger partial charge in [-0.3, -0.25) is 9.59 Å². The standard InChI is InChI=1S/C26H19ClN4O4/c27-21-4-2-1-3-18(21)25(33)29-16-9-5-14-8-12-19-22(24(28)32)30-31(23(19)20(14)13-16)17-10-6-15(7-11-17)26(34)35/h1-7,9-11,13H,8,12H2,(H2,28,32)(H,29,33)(H,34,35). The van der Waals surface area contributed by atoms with Crippen LogP contribution in [0.4, 0.5) is 5.69 Å². The molecule has 1 heterocycles. The van der Waals surface area contributed by atoms with Crippen LogP contribution in [-0.4, -0.2) is 32.7 Å². The van der Waals surface area contributed by atoms with Crippen molar-refractivity contribution in [2.45, 2.75) is 12.8 Å². The molecule has 174 valence electrons. The Morgan fingerprint density at radius 1 is 1.00 bits per heavy atom. The second kappa shape index (κ2) is 8.73. The van der Waals surface area contributed by atoms with Crippen LogP contribution in [0, 0.1) is 0 Å². The van der Waals surface area contributed by atoms with Crippen molar-refractivity contribution < 1.29 is 19.5 Å². The molecule has 0 saturated carbocycles. The second-order valence-corrected chi connectivity index (χ2v) is 8.52. The number of nitrogens with zero attached hydrogens (tertiary/aromatic N) is 2. The molecule has 35 heavy (non-hydrogen) atoms. The van der Waals surface area contributed by atoms with Crippen molar-refractivity contribution in [1.82, 2.24) is 9.78 Å². The van der Waals surface area contributed by atoms with Crippen LogP contribution >= 0.6 is 11.6 Å². The summed E-state index contributed by atoms with van der Waals surface area (Å²) in [5, 5.41) is 16.9. The smallest absolute Gasteiger partial charge is 0.335 e. The third kappa shape index (κ3) is 4.04. The van der Waals surface area contributed by atoms with Crippen LogP contribution < -0.4 is 11.1 Å². The SMILES string of the molecule is NC(=O)c1nn(-c2ccc(C(=O)O)cc2)c2c1CCc1ccc(NC(=O)c3ccccc3Cl)cc1-2. The van der Waals surface area contributed by atoms with Crippen LogP contribution in [0.15, 0.2) is 66.7 Å². The zero-order valence-corrected chi connectivity index (χ0v) is 19.0. The van der Waals surface area contributed by atoms with Gasteiger partial charge >= 0.3 is 5.97 Å². The van der Waals surface area contributed by atoms with Gasteiger partial charge in [0.25, 0.3) is 11.8 Å². The Morgan fingerprint density at radius 3 is 2.43 bits per heavy atom. The Hall–Kier alpha value is -4.43. The zero-order valence-electron chi connectivity index (χ0n) is 18.3. The molecule has 1 aliphatic carbocycles. The molecular weight excluding hydrogens is 468 g/mol. The number of aryl methyl sites for hydroxylation is 1. The second-order valence-electron chi connectivity index (χ2n) is 8.11. The number of nitrogens with two attached hydrogens (primary N) is 1. The molecular formula is C26H19ClN4O4. The van der Waals surface area contributed by atoms with Gasteiger partial charge in [-0.15, -0.1) is 0 Å². The van der Waals surface area contributed by atoms with Gasteiger partial charge in [-0.2, -0.15) is 5.10 Å². The predicted molar refractivity (Wildman–Crippen MR) is 131 cm³/mol. The first kappa shape index (κ1) is 22.4. The van der Waals surface area contributed by atoms with Gasteiger partial charge < -0.3 is 16.2 Å². The van der Waals surface area contributed by atoms with Crippen molar-refractivity contribution in [3.05, 3.63) is 99.7 Å². The van der Waals surface area contributed by atoms with Crippen molar-refractivity contribution in [2.75, 3.05) is 5.32 Å². The molecule has 8 nitrogen and oxygen atoms in total. The molecule has 0 radical (unpaired) electrons. The van der Waals surface area contributed by atoms with E-state index in [2.05, 4.69) is 10.4 Å². The number of halogens is 1. The number of carbonyl (C=O) groups excluding carboxylic acids is 2. The minimum Gasteiger partial charge on any atom is -0.478 e. The minimum absolute atomic E-state index is 0.134. The number of rotatable bonds is 5. The molecule has 0 bridgehead atoms. The number of fused-ring (bicyclic) bond motifs is 3. The van der Waals surface area contributed by atoms with Crippen LogP contribution in [0.25, 0.3) is 16.9 Å². The number of amides is 2. The maximum atomic E-state index is 12.8. The van der Waals surface area contributed by atoms with Crippen LogP contribution in [0.2, 0.25) is 5.02 Å². The van der Waals surface area contributed by atoms with Crippen molar-refractivity contribution in [1.29, 1.82) is 0 Å². The number of benzene rings is 3. The lowest BCUT2D eigenvalue weighted by Gasteiger charge is -2.20. The Labute approximate surface area is 205 Å². The highest BCUT2D eigenvalue weighted by Crippen LogP contribution is 2.38. The minimum atomic E-state index is -1.04. The highest BCUT2D eigenvalue weighted by Gasteiger charge is 2.28. The molecule has 0 saturated heterocycles. The molecule has 0 spiro atoms. The van der Waals surface area contributed by atoms with E-state index in [0.29, 0.717) is 46.1 Å². The number of nitrogens with one attached hydrogen (secondary N) is 1. The number of aromatic carboxylic acids is 1. The molecule has 3 aromatic carbocycles. The summed E-state index contributed by atoms with van der Waals surface area (Å²) in [4.78, 5) is 36.2. The van der Waals surface area contributed by atoms with E-state index in [0.717, 1.165) is 11.1 Å². The van der Waals surface area contributed by atoms with Gasteiger partial charge in [-0.25, -0.2) is 9.48 Å². The predicted octanol–water partition coefficient (Wildman–Crippen LogP) is 4.34. The monoisotopic (exact) mass is 486 g/mol. The first-order chi connectivity index (χ1) is 16.8. The summed E-state index contributed by atoms with van der Waals surface area (Å²) in [5.74, 6) is -2.03. The Morgan fingerprint density at radius 2 is 1.74 bits per heavy atom. The molecule has 5 rings (SSSR count). The average molecular weight is 487 g/mol. The van der Waals surface area contributed by atoms with E-state index in [1.807, 2.05) is 18.2 Å². The van der Waals surface area contributed by atoms with E-state index in [1.54, 1.807) is 41.1 Å². The molecule has 1 aliphatic rings. The van der Waals surface area contributed by atoms with E-state index in [1.165, 1.54) is 12.1 Å². The maximum absolute atomic E-state index is 12.8. The van der Waals surface area contributed by atoms with Crippen LogP contribution in [0.1, 0.15) is 42.3 Å². The van der Waals surface area contributed by atoms with Crippen LogP contribution in [0.5, 0.6) is 0 Å². The lowest BCUT2D eigenvalue weighted by atomic mass is 9.88. The Balaban J connectivity index is 1.60. The summed E-state index contributed by atoms with van der Waals surface area (Å²) in [7, 11) is 0. The van der Waals surface area contributed by atoms with Crippen molar-refractivity contribution in [3.8, 4) is 16.9 Å². The van der Waals surface area contributed by atoms with Gasteiger partial charge in [0.05, 0.1) is 27.5 Å². The summed E-state index contributed by atoms with van der Waals surface area (Å²) in [5.41, 5.74) is 10.6. The number of carboxylic acids is 1. The number of anilines is 1. The number of aromatic nitrogens is 2. The largest absolute Gasteiger partial charge is 0.478 e. The highest BCUT2D eigenvalue weighted by atomic mass is 35.5.